The number of benzene rings is 1. The van der Waals surface area contributed by atoms with Crippen LogP contribution >= 0.6 is 0 Å². The highest BCUT2D eigenvalue weighted by atomic mass is 32.2. The summed E-state index contributed by atoms with van der Waals surface area (Å²) < 4.78 is 24.7. The minimum Gasteiger partial charge on any atom is -0.274 e. The van der Waals surface area contributed by atoms with Crippen LogP contribution in [0.3, 0.4) is 0 Å². The van der Waals surface area contributed by atoms with E-state index < -0.39 is 21.2 Å². The summed E-state index contributed by atoms with van der Waals surface area (Å²) in [5.41, 5.74) is 0.864. The standard InChI is InChI=1S/C15H21N5O3S/c1-12(2)24(22,23)19(3)14(21)10-7-11-20-17-15(16-18-20)13-8-5-4-6-9-13/h4-6,8-9,12H,7,10-11H2,1-3H3. The molecule has 1 aromatic heterocycles. The van der Waals surface area contributed by atoms with E-state index in [2.05, 4.69) is 15.4 Å². The molecule has 8 nitrogen and oxygen atoms in total. The molecule has 0 aliphatic carbocycles. The van der Waals surface area contributed by atoms with Crippen LogP contribution in [0.2, 0.25) is 0 Å². The van der Waals surface area contributed by atoms with Gasteiger partial charge in [-0.05, 0) is 25.5 Å². The fraction of sp³-hybridized carbons (Fsp3) is 0.467. The second kappa shape index (κ2) is 7.52. The Kier molecular flexibility index (Phi) is 5.66. The Bertz CT molecular complexity index is 786. The molecule has 24 heavy (non-hydrogen) atoms. The zero-order valence-electron chi connectivity index (χ0n) is 14.0. The number of rotatable bonds is 7. The Morgan fingerprint density at radius 2 is 1.92 bits per heavy atom. The van der Waals surface area contributed by atoms with Crippen LogP contribution in [-0.4, -0.2) is 51.1 Å². The lowest BCUT2D eigenvalue weighted by molar-refractivity contribution is -0.125. The molecule has 0 fully saturated rings. The number of aromatic nitrogens is 4. The number of carbonyl (C=O) groups is 1. The summed E-state index contributed by atoms with van der Waals surface area (Å²) in [6.45, 7) is 3.48. The van der Waals surface area contributed by atoms with Gasteiger partial charge in [0.2, 0.25) is 21.8 Å². The zero-order chi connectivity index (χ0) is 17.7. The molecule has 9 heteroatoms. The largest absolute Gasteiger partial charge is 0.274 e. The molecule has 1 amide bonds. The Morgan fingerprint density at radius 3 is 2.54 bits per heavy atom. The molecular weight excluding hydrogens is 330 g/mol. The van der Waals surface area contributed by atoms with Crippen molar-refractivity contribution >= 4 is 15.9 Å². The third-order valence-corrected chi connectivity index (χ3v) is 5.72. The van der Waals surface area contributed by atoms with Crippen molar-refractivity contribution in [3.63, 3.8) is 0 Å². The Labute approximate surface area is 141 Å². The molecule has 0 atom stereocenters. The van der Waals surface area contributed by atoms with Crippen LogP contribution in [0.1, 0.15) is 26.7 Å². The first-order chi connectivity index (χ1) is 11.3. The fourth-order valence-electron chi connectivity index (χ4n) is 2.03. The summed E-state index contributed by atoms with van der Waals surface area (Å²) in [4.78, 5) is 13.4. The van der Waals surface area contributed by atoms with Crippen molar-refractivity contribution in [2.45, 2.75) is 38.5 Å². The number of aryl methyl sites for hydroxylation is 1. The lowest BCUT2D eigenvalue weighted by Crippen LogP contribution is -2.37. The Balaban J connectivity index is 1.89. The Morgan fingerprint density at radius 1 is 1.25 bits per heavy atom. The van der Waals surface area contributed by atoms with Gasteiger partial charge in [-0.1, -0.05) is 30.3 Å². The third-order valence-electron chi connectivity index (χ3n) is 3.56. The van der Waals surface area contributed by atoms with E-state index in [1.54, 1.807) is 13.8 Å². The molecule has 2 rings (SSSR count). The molecule has 0 saturated carbocycles. The molecule has 1 aromatic carbocycles. The van der Waals surface area contributed by atoms with E-state index in [9.17, 15) is 13.2 Å². The summed E-state index contributed by atoms with van der Waals surface area (Å²) in [5.74, 6) is 0.0773. The molecule has 2 aromatic rings. The first-order valence-corrected chi connectivity index (χ1v) is 9.16. The van der Waals surface area contributed by atoms with Crippen LogP contribution in [-0.2, 0) is 21.4 Å². The van der Waals surface area contributed by atoms with Crippen molar-refractivity contribution in [2.75, 3.05) is 7.05 Å². The maximum absolute atomic E-state index is 12.0. The molecule has 130 valence electrons. The highest BCUT2D eigenvalue weighted by Gasteiger charge is 2.26. The van der Waals surface area contributed by atoms with E-state index >= 15 is 0 Å². The highest BCUT2D eigenvalue weighted by molar-refractivity contribution is 7.90. The monoisotopic (exact) mass is 351 g/mol. The predicted octanol–water partition coefficient (Wildman–Crippen LogP) is 1.32. The molecule has 0 spiro atoms. The van der Waals surface area contributed by atoms with Crippen molar-refractivity contribution in [3.05, 3.63) is 30.3 Å². The summed E-state index contributed by atoms with van der Waals surface area (Å²) in [6.07, 6.45) is 0.534. The van der Waals surface area contributed by atoms with Gasteiger partial charge in [0, 0.05) is 19.0 Å². The number of sulfonamides is 1. The van der Waals surface area contributed by atoms with Gasteiger partial charge in [-0.25, -0.2) is 12.7 Å². The minimum atomic E-state index is -3.57. The summed E-state index contributed by atoms with van der Waals surface area (Å²) in [7, 11) is -2.28. The maximum Gasteiger partial charge on any atom is 0.239 e. The number of nitrogens with zero attached hydrogens (tertiary/aromatic N) is 5. The summed E-state index contributed by atoms with van der Waals surface area (Å²) in [5, 5.41) is 11.5. The molecule has 0 aliphatic heterocycles. The van der Waals surface area contributed by atoms with Crippen molar-refractivity contribution in [1.82, 2.24) is 24.5 Å². The second-order valence-electron chi connectivity index (χ2n) is 5.63. The van der Waals surface area contributed by atoms with E-state index in [1.807, 2.05) is 30.3 Å². The van der Waals surface area contributed by atoms with Crippen LogP contribution in [0.25, 0.3) is 11.4 Å². The van der Waals surface area contributed by atoms with Crippen LogP contribution in [0.5, 0.6) is 0 Å². The minimum absolute atomic E-state index is 0.102. The second-order valence-corrected chi connectivity index (χ2v) is 8.15. The van der Waals surface area contributed by atoms with Gasteiger partial charge in [0.25, 0.3) is 0 Å². The van der Waals surface area contributed by atoms with Crippen LogP contribution in [0.15, 0.2) is 30.3 Å². The molecular formula is C15H21N5O3S. The predicted molar refractivity (Wildman–Crippen MR) is 89.3 cm³/mol. The maximum atomic E-state index is 12.0. The van der Waals surface area contributed by atoms with E-state index in [1.165, 1.54) is 11.8 Å². The normalized spacial score (nSPS) is 11.7. The molecule has 1 heterocycles. The fourth-order valence-corrected chi connectivity index (χ4v) is 3.04. The number of carbonyl (C=O) groups excluding carboxylic acids is 1. The smallest absolute Gasteiger partial charge is 0.239 e. The van der Waals surface area contributed by atoms with Crippen LogP contribution in [0, 0.1) is 0 Å². The number of hydrogen-bond donors (Lipinski definition) is 0. The average molecular weight is 351 g/mol. The first kappa shape index (κ1) is 18.1. The number of tetrazole rings is 1. The highest BCUT2D eigenvalue weighted by Crippen LogP contribution is 2.12. The van der Waals surface area contributed by atoms with E-state index in [-0.39, 0.29) is 6.42 Å². The molecule has 0 N–H and O–H groups in total. The topological polar surface area (TPSA) is 98.1 Å². The van der Waals surface area contributed by atoms with Gasteiger partial charge in [0.1, 0.15) is 0 Å². The molecule has 0 bridgehead atoms. The zero-order valence-corrected chi connectivity index (χ0v) is 14.8. The first-order valence-electron chi connectivity index (χ1n) is 7.66. The van der Waals surface area contributed by atoms with E-state index in [0.717, 1.165) is 9.87 Å². The molecule has 0 saturated heterocycles. The lowest BCUT2D eigenvalue weighted by atomic mass is 10.2. The van der Waals surface area contributed by atoms with Crippen LogP contribution in [0.4, 0.5) is 0 Å². The van der Waals surface area contributed by atoms with Gasteiger partial charge in [0.15, 0.2) is 0 Å². The van der Waals surface area contributed by atoms with E-state index in [4.69, 9.17) is 0 Å². The van der Waals surface area contributed by atoms with Gasteiger partial charge >= 0.3 is 0 Å². The summed E-state index contributed by atoms with van der Waals surface area (Å²) in [6, 6.07) is 9.45. The molecule has 0 unspecified atom stereocenters. The lowest BCUT2D eigenvalue weighted by Gasteiger charge is -2.19. The van der Waals surface area contributed by atoms with Crippen LogP contribution < -0.4 is 0 Å². The van der Waals surface area contributed by atoms with Gasteiger partial charge in [0.05, 0.1) is 11.8 Å². The Hall–Kier alpha value is -2.29. The van der Waals surface area contributed by atoms with Gasteiger partial charge in [-0.3, -0.25) is 4.79 Å². The van der Waals surface area contributed by atoms with Crippen molar-refractivity contribution < 1.29 is 13.2 Å². The molecule has 0 radical (unpaired) electrons. The summed E-state index contributed by atoms with van der Waals surface area (Å²) >= 11 is 0. The number of hydrogen-bond acceptors (Lipinski definition) is 6. The SMILES string of the molecule is CC(C)S(=O)(=O)N(C)C(=O)CCCn1nnc(-c2ccccc2)n1. The van der Waals surface area contributed by atoms with Gasteiger partial charge in [-0.2, -0.15) is 4.80 Å². The number of amides is 1. The van der Waals surface area contributed by atoms with E-state index in [0.29, 0.717) is 18.8 Å². The van der Waals surface area contributed by atoms with Crippen molar-refractivity contribution in [1.29, 1.82) is 0 Å². The quantitative estimate of drug-likeness (QED) is 0.746. The van der Waals surface area contributed by atoms with Gasteiger partial charge in [-0.15, -0.1) is 10.2 Å². The van der Waals surface area contributed by atoms with Gasteiger partial charge < -0.3 is 0 Å². The average Bonchev–Trinajstić information content (AvgIpc) is 3.03. The van der Waals surface area contributed by atoms with Crippen molar-refractivity contribution in [2.24, 2.45) is 0 Å². The molecule has 0 aliphatic rings. The van der Waals surface area contributed by atoms with Crippen molar-refractivity contribution in [3.8, 4) is 11.4 Å². The third kappa shape index (κ3) is 4.16.